The number of allylic oxidation sites excluding steroid dienone is 2. The molecule has 4 heteroatoms. The molecule has 0 amide bonds. The minimum atomic E-state index is -0.165. The molecule has 84 valence electrons. The average molecular weight is 237 g/mol. The molecule has 0 saturated carbocycles. The monoisotopic (exact) mass is 236 g/mol. The van der Waals surface area contributed by atoms with E-state index >= 15 is 0 Å². The third-order valence-electron chi connectivity index (χ3n) is 2.47. The van der Waals surface area contributed by atoms with Gasteiger partial charge in [-0.05, 0) is 18.9 Å². The van der Waals surface area contributed by atoms with Gasteiger partial charge >= 0.3 is 0 Å². The molecule has 0 radical (unpaired) electrons. The van der Waals surface area contributed by atoms with Gasteiger partial charge in [-0.3, -0.25) is 9.36 Å². The van der Waals surface area contributed by atoms with E-state index in [9.17, 15) is 4.79 Å². The zero-order chi connectivity index (χ0) is 11.0. The van der Waals surface area contributed by atoms with Crippen LogP contribution in [0.25, 0.3) is 24.9 Å². The number of halogens is 1. The van der Waals surface area contributed by atoms with Gasteiger partial charge in [0.2, 0.25) is 0 Å². The van der Waals surface area contributed by atoms with E-state index in [0.29, 0.717) is 16.4 Å². The minimum absolute atomic E-state index is 0. The second-order valence-corrected chi connectivity index (χ2v) is 3.54. The Morgan fingerprint density at radius 3 is 2.69 bits per heavy atom. The lowest BCUT2D eigenvalue weighted by Gasteiger charge is -2.08. The summed E-state index contributed by atoms with van der Waals surface area (Å²) < 4.78 is 1.51. The van der Waals surface area contributed by atoms with Crippen LogP contribution in [0.15, 0.2) is 17.4 Å². The Morgan fingerprint density at radius 2 is 2.00 bits per heavy atom. The topological polar surface area (TPSA) is 34.9 Å². The Hall–Kier alpha value is -1.61. The third-order valence-corrected chi connectivity index (χ3v) is 2.47. The summed E-state index contributed by atoms with van der Waals surface area (Å²) in [6.45, 7) is 11.2. The van der Waals surface area contributed by atoms with Crippen molar-refractivity contribution in [2.45, 2.75) is 12.8 Å². The zero-order valence-corrected chi connectivity index (χ0v) is 9.72. The summed E-state index contributed by atoms with van der Waals surface area (Å²) in [6.07, 6.45) is 5.45. The molecule has 3 nitrogen and oxygen atoms in total. The van der Waals surface area contributed by atoms with Crippen LogP contribution in [0, 0.1) is 0 Å². The molecule has 0 saturated heterocycles. The predicted molar refractivity (Wildman–Crippen MR) is 69.6 cm³/mol. The van der Waals surface area contributed by atoms with Gasteiger partial charge in [-0.1, -0.05) is 25.8 Å². The molecule has 0 fully saturated rings. The number of rotatable bonds is 0. The van der Waals surface area contributed by atoms with Crippen LogP contribution in [0.4, 0.5) is 0 Å². The molecular formula is C12H13ClN2O. The first-order chi connectivity index (χ1) is 7.11. The van der Waals surface area contributed by atoms with E-state index in [4.69, 9.17) is 0 Å². The minimum Gasteiger partial charge on any atom is -0.268 e. The zero-order valence-electron chi connectivity index (χ0n) is 8.90. The lowest BCUT2D eigenvalue weighted by Crippen LogP contribution is -2.45. The van der Waals surface area contributed by atoms with E-state index in [1.807, 2.05) is 12.2 Å². The van der Waals surface area contributed by atoms with Gasteiger partial charge in [0, 0.05) is 5.70 Å². The predicted octanol–water partition coefficient (Wildman–Crippen LogP) is 0.763. The fourth-order valence-corrected chi connectivity index (χ4v) is 1.59. The summed E-state index contributed by atoms with van der Waals surface area (Å²) >= 11 is 0. The van der Waals surface area contributed by atoms with Crippen LogP contribution in [-0.4, -0.2) is 9.55 Å². The molecule has 0 aliphatic carbocycles. The van der Waals surface area contributed by atoms with Gasteiger partial charge in [0.1, 0.15) is 5.82 Å². The Balaban J connectivity index is 0.00000128. The highest BCUT2D eigenvalue weighted by Crippen LogP contribution is 2.14. The molecule has 2 rings (SSSR count). The Morgan fingerprint density at radius 1 is 1.31 bits per heavy atom. The van der Waals surface area contributed by atoms with Crippen LogP contribution >= 0.6 is 12.4 Å². The average Bonchev–Trinajstić information content (AvgIpc) is 2.37. The van der Waals surface area contributed by atoms with Crippen molar-refractivity contribution >= 4 is 37.3 Å². The number of hydrogen-bond acceptors (Lipinski definition) is 2. The van der Waals surface area contributed by atoms with Crippen LogP contribution < -0.4 is 16.1 Å². The molecule has 16 heavy (non-hydrogen) atoms. The second kappa shape index (κ2) is 4.49. The molecule has 0 atom stereocenters. The van der Waals surface area contributed by atoms with Gasteiger partial charge in [-0.2, -0.15) is 0 Å². The molecule has 1 aromatic rings. The highest BCUT2D eigenvalue weighted by Gasteiger charge is 2.10. The fraction of sp³-hybridized carbons (Fsp3) is 0.167. The summed E-state index contributed by atoms with van der Waals surface area (Å²) in [5.74, 6) is 0.597. The van der Waals surface area contributed by atoms with Crippen LogP contribution in [0.2, 0.25) is 0 Å². The molecule has 1 aliphatic rings. The number of aromatic nitrogens is 2. The summed E-state index contributed by atoms with van der Waals surface area (Å²) in [5, 5.41) is 0.779. The lowest BCUT2D eigenvalue weighted by molar-refractivity contribution is 0.873. The second-order valence-electron chi connectivity index (χ2n) is 3.54. The molecular weight excluding hydrogens is 224 g/mol. The molecule has 2 heterocycles. The normalized spacial score (nSPS) is 13.9. The van der Waals surface area contributed by atoms with E-state index in [-0.39, 0.29) is 18.0 Å². The molecule has 0 aromatic carbocycles. The maximum Gasteiger partial charge on any atom is 0.265 e. The van der Waals surface area contributed by atoms with Crippen molar-refractivity contribution in [2.75, 3.05) is 0 Å². The first-order valence-corrected chi connectivity index (χ1v) is 4.77. The van der Waals surface area contributed by atoms with Crippen LogP contribution in [-0.2, 0) is 0 Å². The Labute approximate surface area is 99.6 Å². The first-order valence-electron chi connectivity index (χ1n) is 4.77. The van der Waals surface area contributed by atoms with Crippen LogP contribution in [0.5, 0.6) is 0 Å². The van der Waals surface area contributed by atoms with Crippen molar-refractivity contribution in [1.82, 2.24) is 9.55 Å². The molecule has 1 aromatic heterocycles. The highest BCUT2D eigenvalue weighted by molar-refractivity contribution is 5.85. The van der Waals surface area contributed by atoms with Gasteiger partial charge in [0.15, 0.2) is 0 Å². The van der Waals surface area contributed by atoms with Crippen molar-refractivity contribution in [2.24, 2.45) is 0 Å². The maximum absolute atomic E-state index is 11.9. The summed E-state index contributed by atoms with van der Waals surface area (Å²) in [6, 6.07) is 0. The number of nitrogens with zero attached hydrogens (tertiary/aromatic N) is 2. The van der Waals surface area contributed by atoms with Crippen molar-refractivity contribution < 1.29 is 0 Å². The summed E-state index contributed by atoms with van der Waals surface area (Å²) in [5.41, 5.74) is 0.596. The quantitative estimate of drug-likeness (QED) is 0.667. The highest BCUT2D eigenvalue weighted by atomic mass is 35.5. The van der Waals surface area contributed by atoms with E-state index in [2.05, 4.69) is 24.7 Å². The van der Waals surface area contributed by atoms with Crippen LogP contribution in [0.1, 0.15) is 18.7 Å². The van der Waals surface area contributed by atoms with E-state index in [1.54, 1.807) is 0 Å². The fourth-order valence-electron chi connectivity index (χ4n) is 1.59. The number of fused-ring (bicyclic) bond motifs is 1. The maximum atomic E-state index is 11.9. The van der Waals surface area contributed by atoms with Gasteiger partial charge < -0.3 is 0 Å². The first kappa shape index (κ1) is 12.5. The van der Waals surface area contributed by atoms with E-state index in [0.717, 1.165) is 18.5 Å². The van der Waals surface area contributed by atoms with Gasteiger partial charge in [-0.15, -0.1) is 12.4 Å². The van der Waals surface area contributed by atoms with E-state index < -0.39 is 0 Å². The third kappa shape index (κ3) is 1.86. The number of hydrogen-bond donors (Lipinski definition) is 0. The molecule has 0 spiro atoms. The largest absolute Gasteiger partial charge is 0.268 e. The SMILES string of the molecule is C=C1CCC=Cc2nc(=C)c(=C)c(=O)n21.Cl. The molecule has 0 N–H and O–H groups in total. The van der Waals surface area contributed by atoms with Crippen LogP contribution in [0.3, 0.4) is 0 Å². The van der Waals surface area contributed by atoms with Gasteiger partial charge in [-0.25, -0.2) is 4.98 Å². The smallest absolute Gasteiger partial charge is 0.265 e. The van der Waals surface area contributed by atoms with Gasteiger partial charge in [0.25, 0.3) is 5.56 Å². The molecule has 0 unspecified atom stereocenters. The van der Waals surface area contributed by atoms with Crippen molar-refractivity contribution in [3.8, 4) is 0 Å². The Bertz CT molecular complexity index is 613. The summed E-state index contributed by atoms with van der Waals surface area (Å²) in [4.78, 5) is 16.1. The van der Waals surface area contributed by atoms with Gasteiger partial charge in [0.05, 0.1) is 10.6 Å². The Kier molecular flexibility index (Phi) is 3.50. The lowest BCUT2D eigenvalue weighted by atomic mass is 10.2. The molecule has 1 aliphatic heterocycles. The molecule has 0 bridgehead atoms. The van der Waals surface area contributed by atoms with Crippen molar-refractivity contribution in [3.63, 3.8) is 0 Å². The van der Waals surface area contributed by atoms with E-state index in [1.165, 1.54) is 4.57 Å². The summed E-state index contributed by atoms with van der Waals surface area (Å²) in [7, 11) is 0. The standard InChI is InChI=1S/C12H12N2O.ClH/c1-8-6-4-5-7-11-13-10(3)9(2)12(15)14(8)11;/h5,7H,1-4,6H2;1H. The van der Waals surface area contributed by atoms with Crippen molar-refractivity contribution in [1.29, 1.82) is 0 Å². The van der Waals surface area contributed by atoms with Crippen molar-refractivity contribution in [3.05, 3.63) is 39.4 Å².